The lowest BCUT2D eigenvalue weighted by atomic mass is 10.00. The first-order chi connectivity index (χ1) is 9.60. The molecule has 0 aliphatic carbocycles. The van der Waals surface area contributed by atoms with Crippen molar-refractivity contribution >= 4 is 17.3 Å². The van der Waals surface area contributed by atoms with Crippen LogP contribution in [-0.4, -0.2) is 30.2 Å². The molecule has 2 rings (SSSR count). The van der Waals surface area contributed by atoms with E-state index in [4.69, 9.17) is 4.74 Å². The zero-order valence-electron chi connectivity index (χ0n) is 12.5. The van der Waals surface area contributed by atoms with Gasteiger partial charge in [0.05, 0.1) is 13.5 Å². The summed E-state index contributed by atoms with van der Waals surface area (Å²) >= 11 is 1.68. The summed E-state index contributed by atoms with van der Waals surface area (Å²) in [5.74, 6) is -0.176. The Morgan fingerprint density at radius 1 is 1.35 bits per heavy atom. The van der Waals surface area contributed by atoms with Crippen LogP contribution in [0.3, 0.4) is 0 Å². The molecule has 0 amide bonds. The zero-order chi connectivity index (χ0) is 14.5. The minimum Gasteiger partial charge on any atom is -0.469 e. The molecule has 1 aromatic heterocycles. The van der Waals surface area contributed by atoms with Crippen LogP contribution >= 0.6 is 11.3 Å². The van der Waals surface area contributed by atoms with Crippen molar-refractivity contribution in [3.05, 3.63) is 21.9 Å². The minimum absolute atomic E-state index is 0.176. The fourth-order valence-corrected chi connectivity index (χ4v) is 3.66. The largest absolute Gasteiger partial charge is 0.469 e. The first-order valence-corrected chi connectivity index (χ1v) is 8.08. The van der Waals surface area contributed by atoms with Gasteiger partial charge >= 0.3 is 5.97 Å². The molecule has 5 heteroatoms. The van der Waals surface area contributed by atoms with Crippen molar-refractivity contribution in [1.82, 2.24) is 10.4 Å². The van der Waals surface area contributed by atoms with Gasteiger partial charge in [-0.25, -0.2) is 10.4 Å². The van der Waals surface area contributed by atoms with E-state index < -0.39 is 0 Å². The third-order valence-corrected chi connectivity index (χ3v) is 4.98. The Balaban J connectivity index is 1.86. The van der Waals surface area contributed by atoms with Gasteiger partial charge in [0.15, 0.2) is 0 Å². The molecule has 0 spiro atoms. The topological polar surface area (TPSA) is 41.6 Å². The molecule has 1 saturated heterocycles. The van der Waals surface area contributed by atoms with Crippen LogP contribution in [0.4, 0.5) is 0 Å². The minimum atomic E-state index is -0.176. The van der Waals surface area contributed by atoms with Crippen LogP contribution in [0.15, 0.2) is 12.1 Å². The Hall–Kier alpha value is -0.910. The van der Waals surface area contributed by atoms with Crippen molar-refractivity contribution < 1.29 is 9.53 Å². The number of esters is 1. The highest BCUT2D eigenvalue weighted by Crippen LogP contribution is 2.22. The summed E-state index contributed by atoms with van der Waals surface area (Å²) in [6.07, 6.45) is 4.21. The van der Waals surface area contributed by atoms with Crippen LogP contribution in [0.2, 0.25) is 0 Å². The highest BCUT2D eigenvalue weighted by Gasteiger charge is 2.24. The molecule has 112 valence electrons. The molecule has 4 nitrogen and oxygen atoms in total. The van der Waals surface area contributed by atoms with Crippen molar-refractivity contribution in [3.8, 4) is 0 Å². The van der Waals surface area contributed by atoms with E-state index in [-0.39, 0.29) is 5.97 Å². The van der Waals surface area contributed by atoms with E-state index in [1.54, 1.807) is 11.3 Å². The lowest BCUT2D eigenvalue weighted by molar-refractivity contribution is -0.139. The molecular formula is C15H24N2O2S. The van der Waals surface area contributed by atoms with Crippen LogP contribution in [-0.2, 0) is 22.5 Å². The molecule has 0 bridgehead atoms. The Morgan fingerprint density at radius 3 is 2.65 bits per heavy atom. The van der Waals surface area contributed by atoms with Gasteiger partial charge in [-0.3, -0.25) is 4.79 Å². The summed E-state index contributed by atoms with van der Waals surface area (Å²) < 4.78 is 4.69. The number of hydrogen-bond donors (Lipinski definition) is 1. The van der Waals surface area contributed by atoms with Crippen LogP contribution in [0, 0.1) is 0 Å². The zero-order valence-corrected chi connectivity index (χ0v) is 13.3. The van der Waals surface area contributed by atoms with Gasteiger partial charge in [-0.2, -0.15) is 0 Å². The van der Waals surface area contributed by atoms with Gasteiger partial charge in [-0.1, -0.05) is 6.42 Å². The molecule has 1 aliphatic rings. The molecule has 1 N–H and O–H groups in total. The number of nitrogens with zero attached hydrogens (tertiary/aromatic N) is 1. The summed E-state index contributed by atoms with van der Waals surface area (Å²) in [5, 5.41) is 2.38. The standard InChI is InChI=1S/C15H24N2O2S/c1-11-5-4-6-12(2)17(11)16-10-14-8-7-13(20-14)9-15(18)19-3/h7-8,11-12,16H,4-6,9-10H2,1-3H3. The fraction of sp³-hybridized carbons (Fsp3) is 0.667. The van der Waals surface area contributed by atoms with Gasteiger partial charge < -0.3 is 4.74 Å². The van der Waals surface area contributed by atoms with Crippen LogP contribution in [0.1, 0.15) is 42.9 Å². The maximum Gasteiger partial charge on any atom is 0.310 e. The molecule has 1 aromatic rings. The molecular weight excluding hydrogens is 272 g/mol. The Kier molecular flexibility index (Phi) is 5.57. The highest BCUT2D eigenvalue weighted by atomic mass is 32.1. The van der Waals surface area contributed by atoms with Crippen molar-refractivity contribution in [3.63, 3.8) is 0 Å². The second-order valence-electron chi connectivity index (χ2n) is 5.49. The molecule has 1 aliphatic heterocycles. The summed E-state index contributed by atoms with van der Waals surface area (Å²) in [5.41, 5.74) is 3.55. The Morgan fingerprint density at radius 2 is 2.00 bits per heavy atom. The summed E-state index contributed by atoms with van der Waals surface area (Å²) in [6.45, 7) is 5.39. The van der Waals surface area contributed by atoms with Gasteiger partial charge in [0.25, 0.3) is 0 Å². The molecule has 0 aromatic carbocycles. The van der Waals surface area contributed by atoms with E-state index in [0.29, 0.717) is 18.5 Å². The van der Waals surface area contributed by atoms with Gasteiger partial charge in [0, 0.05) is 28.4 Å². The molecule has 2 heterocycles. The Labute approximate surface area is 125 Å². The third kappa shape index (κ3) is 4.04. The third-order valence-electron chi connectivity index (χ3n) is 3.89. The average molecular weight is 296 g/mol. The Bertz CT molecular complexity index is 437. The van der Waals surface area contributed by atoms with Gasteiger partial charge in [0.1, 0.15) is 0 Å². The van der Waals surface area contributed by atoms with Crippen molar-refractivity contribution in [2.24, 2.45) is 0 Å². The number of nitrogens with one attached hydrogen (secondary N) is 1. The fourth-order valence-electron chi connectivity index (χ4n) is 2.73. The van der Waals surface area contributed by atoms with Gasteiger partial charge in [-0.15, -0.1) is 11.3 Å². The molecule has 1 fully saturated rings. The number of piperidine rings is 1. The van der Waals surface area contributed by atoms with E-state index in [9.17, 15) is 4.79 Å². The monoisotopic (exact) mass is 296 g/mol. The van der Waals surface area contributed by atoms with Gasteiger partial charge in [-0.05, 0) is 38.8 Å². The second-order valence-corrected chi connectivity index (χ2v) is 6.74. The number of carbonyl (C=O) groups is 1. The smallest absolute Gasteiger partial charge is 0.310 e. The summed E-state index contributed by atoms with van der Waals surface area (Å²) in [4.78, 5) is 13.6. The maximum absolute atomic E-state index is 11.2. The second kappa shape index (κ2) is 7.20. The lowest BCUT2D eigenvalue weighted by Crippen LogP contribution is -2.51. The van der Waals surface area contributed by atoms with E-state index in [1.165, 1.54) is 31.2 Å². The normalized spacial score (nSPS) is 23.8. The molecule has 2 atom stereocenters. The summed E-state index contributed by atoms with van der Waals surface area (Å²) in [6, 6.07) is 5.29. The average Bonchev–Trinajstić information content (AvgIpc) is 2.85. The van der Waals surface area contributed by atoms with E-state index in [2.05, 4.69) is 30.3 Å². The first kappa shape index (κ1) is 15.5. The molecule has 0 saturated carbocycles. The van der Waals surface area contributed by atoms with E-state index >= 15 is 0 Å². The number of methoxy groups -OCH3 is 1. The predicted octanol–water partition coefficient (Wildman–Crippen LogP) is 2.73. The van der Waals surface area contributed by atoms with Gasteiger partial charge in [0.2, 0.25) is 0 Å². The highest BCUT2D eigenvalue weighted by molar-refractivity contribution is 7.12. The quantitative estimate of drug-likeness (QED) is 0.848. The van der Waals surface area contributed by atoms with Crippen LogP contribution < -0.4 is 5.43 Å². The summed E-state index contributed by atoms with van der Waals surface area (Å²) in [7, 11) is 1.43. The van der Waals surface area contributed by atoms with Crippen molar-refractivity contribution in [1.29, 1.82) is 0 Å². The molecule has 2 unspecified atom stereocenters. The van der Waals surface area contributed by atoms with E-state index in [0.717, 1.165) is 11.4 Å². The lowest BCUT2D eigenvalue weighted by Gasteiger charge is -2.39. The van der Waals surface area contributed by atoms with E-state index in [1.807, 2.05) is 6.07 Å². The number of hydrogen-bond acceptors (Lipinski definition) is 5. The number of ether oxygens (including phenoxy) is 1. The maximum atomic E-state index is 11.2. The number of thiophene rings is 1. The predicted molar refractivity (Wildman–Crippen MR) is 81.5 cm³/mol. The molecule has 20 heavy (non-hydrogen) atoms. The van der Waals surface area contributed by atoms with Crippen molar-refractivity contribution in [2.75, 3.05) is 7.11 Å². The number of hydrazine groups is 1. The van der Waals surface area contributed by atoms with Crippen LogP contribution in [0.25, 0.3) is 0 Å². The molecule has 0 radical (unpaired) electrons. The number of carbonyl (C=O) groups excluding carboxylic acids is 1. The number of rotatable bonds is 5. The van der Waals surface area contributed by atoms with Crippen molar-refractivity contribution in [2.45, 2.75) is 58.2 Å². The SMILES string of the molecule is COC(=O)Cc1ccc(CNN2C(C)CCCC2C)s1. The first-order valence-electron chi connectivity index (χ1n) is 7.26. The van der Waals surface area contributed by atoms with Crippen LogP contribution in [0.5, 0.6) is 0 Å².